The smallest absolute Gasteiger partial charge is 0.259 e. The van der Waals surface area contributed by atoms with Gasteiger partial charge in [-0.15, -0.1) is 0 Å². The number of hydrogen-bond acceptors (Lipinski definition) is 2. The summed E-state index contributed by atoms with van der Waals surface area (Å²) < 4.78 is 19.0. The van der Waals surface area contributed by atoms with Crippen molar-refractivity contribution in [2.24, 2.45) is 0 Å². The Bertz CT molecular complexity index is 699. The highest BCUT2D eigenvalue weighted by molar-refractivity contribution is 6.06. The van der Waals surface area contributed by atoms with Crippen LogP contribution in [0.5, 0.6) is 5.75 Å². The summed E-state index contributed by atoms with van der Waals surface area (Å²) in [5, 5.41) is 2.70. The number of fused-ring (bicyclic) bond motifs is 1. The second kappa shape index (κ2) is 5.20. The number of amides is 1. The molecule has 0 radical (unpaired) electrons. The lowest BCUT2D eigenvalue weighted by Crippen LogP contribution is -2.14. The molecule has 3 nitrogen and oxygen atoms in total. The van der Waals surface area contributed by atoms with Gasteiger partial charge in [0.2, 0.25) is 0 Å². The van der Waals surface area contributed by atoms with Crippen molar-refractivity contribution in [3.63, 3.8) is 0 Å². The highest BCUT2D eigenvalue weighted by Crippen LogP contribution is 2.40. The van der Waals surface area contributed by atoms with Gasteiger partial charge in [-0.05, 0) is 31.2 Å². The van der Waals surface area contributed by atoms with Crippen LogP contribution in [-0.2, 0) is 0 Å². The van der Waals surface area contributed by atoms with Gasteiger partial charge in [0.25, 0.3) is 5.91 Å². The molecule has 0 aromatic heterocycles. The van der Waals surface area contributed by atoms with E-state index in [1.165, 1.54) is 12.1 Å². The van der Waals surface area contributed by atoms with Crippen molar-refractivity contribution < 1.29 is 13.9 Å². The van der Waals surface area contributed by atoms with Crippen molar-refractivity contribution in [1.82, 2.24) is 0 Å². The third kappa shape index (κ3) is 2.49. The molecule has 1 aliphatic rings. The molecule has 1 aliphatic heterocycles. The molecule has 2 unspecified atom stereocenters. The number of rotatable bonds is 2. The molecule has 1 N–H and O–H groups in total. The normalized spacial score (nSPS) is 19.8. The fourth-order valence-corrected chi connectivity index (χ4v) is 2.53. The van der Waals surface area contributed by atoms with Crippen LogP contribution < -0.4 is 10.1 Å². The Morgan fingerprint density at radius 3 is 2.71 bits per heavy atom. The van der Waals surface area contributed by atoms with E-state index in [2.05, 4.69) is 12.2 Å². The topological polar surface area (TPSA) is 38.3 Å². The van der Waals surface area contributed by atoms with Gasteiger partial charge in [0.1, 0.15) is 17.7 Å². The lowest BCUT2D eigenvalue weighted by Gasteiger charge is -2.10. The molecule has 0 saturated carbocycles. The van der Waals surface area contributed by atoms with E-state index in [1.807, 2.05) is 19.1 Å². The van der Waals surface area contributed by atoms with Gasteiger partial charge in [0.05, 0.1) is 5.56 Å². The Morgan fingerprint density at radius 2 is 1.95 bits per heavy atom. The van der Waals surface area contributed by atoms with Crippen LogP contribution in [0.15, 0.2) is 42.5 Å². The zero-order chi connectivity index (χ0) is 15.0. The number of benzene rings is 2. The lowest BCUT2D eigenvalue weighted by molar-refractivity contribution is 0.102. The van der Waals surface area contributed by atoms with Crippen LogP contribution in [0.1, 0.15) is 35.7 Å². The first-order valence-electron chi connectivity index (χ1n) is 6.93. The first-order valence-corrected chi connectivity index (χ1v) is 6.93. The Labute approximate surface area is 122 Å². The van der Waals surface area contributed by atoms with Gasteiger partial charge >= 0.3 is 0 Å². The van der Waals surface area contributed by atoms with Gasteiger partial charge < -0.3 is 10.1 Å². The van der Waals surface area contributed by atoms with Crippen LogP contribution in [0.25, 0.3) is 0 Å². The Morgan fingerprint density at radius 1 is 1.19 bits per heavy atom. The second-order valence-corrected chi connectivity index (χ2v) is 5.30. The Balaban J connectivity index is 1.90. The summed E-state index contributed by atoms with van der Waals surface area (Å²) in [6.07, 6.45) is 0.0446. The van der Waals surface area contributed by atoms with E-state index < -0.39 is 0 Å². The Kier molecular flexibility index (Phi) is 3.37. The summed E-state index contributed by atoms with van der Waals surface area (Å²) in [4.78, 5) is 12.4. The zero-order valence-corrected chi connectivity index (χ0v) is 11.9. The quantitative estimate of drug-likeness (QED) is 0.907. The molecule has 2 aromatic carbocycles. The van der Waals surface area contributed by atoms with Crippen molar-refractivity contribution in [1.29, 1.82) is 0 Å². The van der Waals surface area contributed by atoms with Gasteiger partial charge in [0, 0.05) is 17.2 Å². The van der Waals surface area contributed by atoms with Gasteiger partial charge in [-0.3, -0.25) is 4.79 Å². The maximum Gasteiger partial charge on any atom is 0.259 e. The highest BCUT2D eigenvalue weighted by atomic mass is 19.1. The van der Waals surface area contributed by atoms with Gasteiger partial charge in [-0.1, -0.05) is 25.1 Å². The van der Waals surface area contributed by atoms with Crippen LogP contribution in [0, 0.1) is 5.82 Å². The molecule has 2 aromatic rings. The third-order valence-electron chi connectivity index (χ3n) is 3.87. The molecule has 0 bridgehead atoms. The third-order valence-corrected chi connectivity index (χ3v) is 3.87. The monoisotopic (exact) mass is 285 g/mol. The minimum atomic E-state index is -0.385. The number of para-hydroxylation sites is 1. The average Bonchev–Trinajstić information content (AvgIpc) is 2.74. The molecule has 0 spiro atoms. The predicted octanol–water partition coefficient (Wildman–Crippen LogP) is 3.96. The summed E-state index contributed by atoms with van der Waals surface area (Å²) in [5.41, 5.74) is 1.94. The van der Waals surface area contributed by atoms with Crippen molar-refractivity contribution in [2.45, 2.75) is 25.9 Å². The summed E-state index contributed by atoms with van der Waals surface area (Å²) >= 11 is 0. The van der Waals surface area contributed by atoms with Crippen LogP contribution in [-0.4, -0.2) is 12.0 Å². The number of anilines is 1. The van der Waals surface area contributed by atoms with Crippen LogP contribution in [0.2, 0.25) is 0 Å². The molecule has 21 heavy (non-hydrogen) atoms. The highest BCUT2D eigenvalue weighted by Gasteiger charge is 2.31. The van der Waals surface area contributed by atoms with Crippen molar-refractivity contribution >= 4 is 11.6 Å². The minimum absolute atomic E-state index is 0.0446. The SMILES string of the molecule is CC1Oc2c(C(=O)Nc3cccc(F)c3)cccc2C1C. The molecule has 3 rings (SSSR count). The van der Waals surface area contributed by atoms with E-state index in [9.17, 15) is 9.18 Å². The molecule has 1 heterocycles. The van der Waals surface area contributed by atoms with Crippen LogP contribution >= 0.6 is 0 Å². The van der Waals surface area contributed by atoms with Crippen molar-refractivity contribution in [3.05, 3.63) is 59.4 Å². The summed E-state index contributed by atoms with van der Waals surface area (Å²) in [7, 11) is 0. The first kappa shape index (κ1) is 13.6. The van der Waals surface area contributed by atoms with E-state index >= 15 is 0 Å². The average molecular weight is 285 g/mol. The summed E-state index contributed by atoms with van der Waals surface area (Å²) in [5.74, 6) is 0.205. The zero-order valence-electron chi connectivity index (χ0n) is 11.9. The minimum Gasteiger partial charge on any atom is -0.489 e. The number of nitrogens with one attached hydrogen (secondary N) is 1. The lowest BCUT2D eigenvalue weighted by atomic mass is 9.97. The molecular weight excluding hydrogens is 269 g/mol. The maximum atomic E-state index is 13.2. The van der Waals surface area contributed by atoms with E-state index in [-0.39, 0.29) is 23.7 Å². The molecule has 0 saturated heterocycles. The molecule has 2 atom stereocenters. The van der Waals surface area contributed by atoms with Crippen LogP contribution in [0.3, 0.4) is 0 Å². The number of hydrogen-bond donors (Lipinski definition) is 1. The van der Waals surface area contributed by atoms with Gasteiger partial charge in [-0.25, -0.2) is 4.39 Å². The fraction of sp³-hybridized carbons (Fsp3) is 0.235. The van der Waals surface area contributed by atoms with Gasteiger partial charge in [-0.2, -0.15) is 0 Å². The molecular formula is C17H16FNO2. The van der Waals surface area contributed by atoms with Crippen molar-refractivity contribution in [3.8, 4) is 5.75 Å². The van der Waals surface area contributed by atoms with Gasteiger partial charge in [0.15, 0.2) is 0 Å². The summed E-state index contributed by atoms with van der Waals surface area (Å²) in [6, 6.07) is 11.4. The molecule has 4 heteroatoms. The largest absolute Gasteiger partial charge is 0.489 e. The molecule has 0 aliphatic carbocycles. The maximum absolute atomic E-state index is 13.2. The Hall–Kier alpha value is -2.36. The predicted molar refractivity (Wildman–Crippen MR) is 79.3 cm³/mol. The second-order valence-electron chi connectivity index (χ2n) is 5.30. The van der Waals surface area contributed by atoms with Crippen LogP contribution in [0.4, 0.5) is 10.1 Å². The fourth-order valence-electron chi connectivity index (χ4n) is 2.53. The molecule has 108 valence electrons. The molecule has 1 amide bonds. The number of ether oxygens (including phenoxy) is 1. The van der Waals surface area contributed by atoms with E-state index in [4.69, 9.17) is 4.74 Å². The number of halogens is 1. The molecule has 0 fully saturated rings. The van der Waals surface area contributed by atoms with Crippen molar-refractivity contribution in [2.75, 3.05) is 5.32 Å². The first-order chi connectivity index (χ1) is 10.1. The standard InChI is InChI=1S/C17H16FNO2/c1-10-11(2)21-16-14(10)7-4-8-15(16)17(20)19-13-6-3-5-12(18)9-13/h3-11H,1-2H3,(H,19,20). The van der Waals surface area contributed by atoms with E-state index in [1.54, 1.807) is 18.2 Å². The van der Waals surface area contributed by atoms with E-state index in [0.29, 0.717) is 17.0 Å². The van der Waals surface area contributed by atoms with E-state index in [0.717, 1.165) is 5.56 Å². The number of carbonyl (C=O) groups is 1. The number of carbonyl (C=O) groups excluding carboxylic acids is 1. The summed E-state index contributed by atoms with van der Waals surface area (Å²) in [6.45, 7) is 4.06.